The molecule has 1 aliphatic heterocycles. The molecule has 2 amide bonds. The molecule has 1 saturated carbocycles. The predicted octanol–water partition coefficient (Wildman–Crippen LogP) is -0.221. The lowest BCUT2D eigenvalue weighted by molar-refractivity contribution is -0.147. The van der Waals surface area contributed by atoms with Crippen LogP contribution in [0.1, 0.15) is 38.5 Å². The van der Waals surface area contributed by atoms with Gasteiger partial charge in [0.15, 0.2) is 0 Å². The summed E-state index contributed by atoms with van der Waals surface area (Å²) in [5, 5.41) is 14.3. The lowest BCUT2D eigenvalue weighted by atomic mass is 9.97. The second-order valence-electron chi connectivity index (χ2n) is 4.74. The maximum Gasteiger partial charge on any atom is 0.329 e. The van der Waals surface area contributed by atoms with Crippen LogP contribution >= 0.6 is 0 Å². The molecule has 0 spiro atoms. The van der Waals surface area contributed by atoms with E-state index in [1.165, 1.54) is 0 Å². The van der Waals surface area contributed by atoms with E-state index in [-0.39, 0.29) is 11.8 Å². The standard InChI is InChI=1S/C11H16N2O4/c14-8-4-3-7(12-8)9(15)13-11(10(16)17)5-1-2-6-11/h7H,1-6H2,(H,12,14)(H,13,15)(H,16,17)/t7-/m0/s1. The average molecular weight is 240 g/mol. The maximum atomic E-state index is 11.9. The largest absolute Gasteiger partial charge is 0.480 e. The van der Waals surface area contributed by atoms with Crippen LogP contribution < -0.4 is 10.6 Å². The van der Waals surface area contributed by atoms with Crippen LogP contribution in [0.3, 0.4) is 0 Å². The van der Waals surface area contributed by atoms with Gasteiger partial charge in [0.2, 0.25) is 11.8 Å². The monoisotopic (exact) mass is 240 g/mol. The van der Waals surface area contributed by atoms with Crippen molar-refractivity contribution in [2.45, 2.75) is 50.1 Å². The molecule has 2 fully saturated rings. The zero-order valence-electron chi connectivity index (χ0n) is 9.49. The van der Waals surface area contributed by atoms with Crippen molar-refractivity contribution in [3.63, 3.8) is 0 Å². The van der Waals surface area contributed by atoms with Crippen molar-refractivity contribution in [3.8, 4) is 0 Å². The Balaban J connectivity index is 2.01. The number of carboxylic acids is 1. The first-order valence-corrected chi connectivity index (χ1v) is 5.88. The molecular formula is C11H16N2O4. The van der Waals surface area contributed by atoms with E-state index in [0.717, 1.165) is 12.8 Å². The van der Waals surface area contributed by atoms with E-state index in [1.54, 1.807) is 0 Å². The summed E-state index contributed by atoms with van der Waals surface area (Å²) >= 11 is 0. The highest BCUT2D eigenvalue weighted by Gasteiger charge is 2.44. The Morgan fingerprint density at radius 3 is 2.47 bits per heavy atom. The average Bonchev–Trinajstić information content (AvgIpc) is 2.87. The van der Waals surface area contributed by atoms with E-state index in [9.17, 15) is 19.5 Å². The van der Waals surface area contributed by atoms with Gasteiger partial charge in [-0.1, -0.05) is 12.8 Å². The molecule has 0 unspecified atom stereocenters. The van der Waals surface area contributed by atoms with Crippen LogP contribution in [0.25, 0.3) is 0 Å². The summed E-state index contributed by atoms with van der Waals surface area (Å²) in [6.07, 6.45) is 3.33. The van der Waals surface area contributed by atoms with Gasteiger partial charge < -0.3 is 15.7 Å². The molecule has 17 heavy (non-hydrogen) atoms. The Labute approximate surface area is 98.8 Å². The number of amides is 2. The fraction of sp³-hybridized carbons (Fsp3) is 0.727. The summed E-state index contributed by atoms with van der Waals surface area (Å²) in [6, 6.07) is -0.570. The fourth-order valence-electron chi connectivity index (χ4n) is 2.50. The lowest BCUT2D eigenvalue weighted by Gasteiger charge is -2.26. The van der Waals surface area contributed by atoms with Gasteiger partial charge in [-0.05, 0) is 19.3 Å². The Morgan fingerprint density at radius 1 is 1.35 bits per heavy atom. The van der Waals surface area contributed by atoms with E-state index in [4.69, 9.17) is 0 Å². The molecule has 6 nitrogen and oxygen atoms in total. The molecule has 0 aromatic rings. The fourth-order valence-corrected chi connectivity index (χ4v) is 2.50. The first-order valence-electron chi connectivity index (χ1n) is 5.88. The van der Waals surface area contributed by atoms with Gasteiger partial charge in [-0.2, -0.15) is 0 Å². The Hall–Kier alpha value is -1.59. The summed E-state index contributed by atoms with van der Waals surface area (Å²) in [7, 11) is 0. The van der Waals surface area contributed by atoms with Gasteiger partial charge in [-0.3, -0.25) is 9.59 Å². The quantitative estimate of drug-likeness (QED) is 0.635. The minimum Gasteiger partial charge on any atom is -0.480 e. The zero-order valence-corrected chi connectivity index (χ0v) is 9.49. The van der Waals surface area contributed by atoms with Gasteiger partial charge in [-0.25, -0.2) is 4.79 Å². The number of hydrogen-bond donors (Lipinski definition) is 3. The third kappa shape index (κ3) is 2.25. The van der Waals surface area contributed by atoms with E-state index in [1.807, 2.05) is 0 Å². The highest BCUT2D eigenvalue weighted by molar-refractivity contribution is 5.94. The van der Waals surface area contributed by atoms with E-state index < -0.39 is 17.6 Å². The van der Waals surface area contributed by atoms with Gasteiger partial charge in [-0.15, -0.1) is 0 Å². The second kappa shape index (κ2) is 4.35. The van der Waals surface area contributed by atoms with Gasteiger partial charge in [0, 0.05) is 6.42 Å². The molecular weight excluding hydrogens is 224 g/mol. The first-order chi connectivity index (χ1) is 8.03. The number of aliphatic carboxylic acids is 1. The molecule has 2 rings (SSSR count). The molecule has 0 aromatic heterocycles. The molecule has 6 heteroatoms. The second-order valence-corrected chi connectivity index (χ2v) is 4.74. The highest BCUT2D eigenvalue weighted by Crippen LogP contribution is 2.30. The predicted molar refractivity (Wildman–Crippen MR) is 58.1 cm³/mol. The Kier molecular flexibility index (Phi) is 3.04. The summed E-state index contributed by atoms with van der Waals surface area (Å²) in [4.78, 5) is 34.1. The summed E-state index contributed by atoms with van der Waals surface area (Å²) in [5.74, 6) is -1.51. The van der Waals surface area contributed by atoms with Crippen molar-refractivity contribution >= 4 is 17.8 Å². The minimum absolute atomic E-state index is 0.152. The van der Waals surface area contributed by atoms with Gasteiger partial charge >= 0.3 is 5.97 Å². The van der Waals surface area contributed by atoms with Crippen molar-refractivity contribution in [3.05, 3.63) is 0 Å². The first kappa shape index (κ1) is 11.9. The molecule has 2 aliphatic rings. The van der Waals surface area contributed by atoms with E-state index in [2.05, 4.69) is 10.6 Å². The van der Waals surface area contributed by atoms with Crippen LogP contribution in [0, 0.1) is 0 Å². The third-order valence-corrected chi connectivity index (χ3v) is 3.54. The topological polar surface area (TPSA) is 95.5 Å². The maximum absolute atomic E-state index is 11.9. The van der Waals surface area contributed by atoms with E-state index >= 15 is 0 Å². The molecule has 1 heterocycles. The van der Waals surface area contributed by atoms with Crippen LogP contribution in [-0.4, -0.2) is 34.5 Å². The number of carbonyl (C=O) groups excluding carboxylic acids is 2. The van der Waals surface area contributed by atoms with Crippen LogP contribution in [0.4, 0.5) is 0 Å². The Morgan fingerprint density at radius 2 is 2.00 bits per heavy atom. The molecule has 1 atom stereocenters. The number of rotatable bonds is 3. The van der Waals surface area contributed by atoms with Crippen molar-refractivity contribution in [1.29, 1.82) is 0 Å². The van der Waals surface area contributed by atoms with Crippen molar-refractivity contribution in [2.24, 2.45) is 0 Å². The summed E-state index contributed by atoms with van der Waals surface area (Å²) < 4.78 is 0. The summed E-state index contributed by atoms with van der Waals surface area (Å²) in [5.41, 5.74) is -1.12. The zero-order chi connectivity index (χ0) is 12.5. The lowest BCUT2D eigenvalue weighted by Crippen LogP contribution is -2.56. The molecule has 0 radical (unpaired) electrons. The van der Waals surface area contributed by atoms with Crippen molar-refractivity contribution in [2.75, 3.05) is 0 Å². The minimum atomic E-state index is -1.12. The van der Waals surface area contributed by atoms with Crippen LogP contribution in [-0.2, 0) is 14.4 Å². The molecule has 1 saturated heterocycles. The number of hydrogen-bond acceptors (Lipinski definition) is 3. The highest BCUT2D eigenvalue weighted by atomic mass is 16.4. The summed E-state index contributed by atoms with van der Waals surface area (Å²) in [6.45, 7) is 0. The van der Waals surface area contributed by atoms with E-state index in [0.29, 0.717) is 25.7 Å². The Bertz CT molecular complexity index is 360. The van der Waals surface area contributed by atoms with Crippen molar-refractivity contribution < 1.29 is 19.5 Å². The molecule has 0 bridgehead atoms. The van der Waals surface area contributed by atoms with Gasteiger partial charge in [0.25, 0.3) is 0 Å². The number of nitrogens with one attached hydrogen (secondary N) is 2. The van der Waals surface area contributed by atoms with Crippen LogP contribution in [0.15, 0.2) is 0 Å². The van der Waals surface area contributed by atoms with Gasteiger partial charge in [0.1, 0.15) is 11.6 Å². The third-order valence-electron chi connectivity index (χ3n) is 3.54. The normalized spacial score (nSPS) is 26.6. The molecule has 3 N–H and O–H groups in total. The smallest absolute Gasteiger partial charge is 0.329 e. The SMILES string of the molecule is O=C1CC[C@@H](C(=O)NC2(C(=O)O)CCCC2)N1. The molecule has 0 aromatic carbocycles. The van der Waals surface area contributed by atoms with Gasteiger partial charge in [0.05, 0.1) is 0 Å². The number of carbonyl (C=O) groups is 3. The number of carboxylic acid groups (broad SMARTS) is 1. The van der Waals surface area contributed by atoms with Crippen molar-refractivity contribution in [1.82, 2.24) is 10.6 Å². The van der Waals surface area contributed by atoms with Crippen LogP contribution in [0.2, 0.25) is 0 Å². The molecule has 94 valence electrons. The van der Waals surface area contributed by atoms with Crippen LogP contribution in [0.5, 0.6) is 0 Å². The molecule has 1 aliphatic carbocycles.